The summed E-state index contributed by atoms with van der Waals surface area (Å²) in [7, 11) is 0. The van der Waals surface area contributed by atoms with Crippen LogP contribution >= 0.6 is 0 Å². The van der Waals surface area contributed by atoms with Gasteiger partial charge in [0.1, 0.15) is 11.2 Å². The average molecular weight is 803 g/mol. The summed E-state index contributed by atoms with van der Waals surface area (Å²) in [5.41, 5.74) is 18.3. The lowest BCUT2D eigenvalue weighted by Crippen LogP contribution is -1.95. The van der Waals surface area contributed by atoms with Gasteiger partial charge in [-0.25, -0.2) is 0 Å². The summed E-state index contributed by atoms with van der Waals surface area (Å²) in [6.45, 7) is 0. The molecule has 3 heteroatoms. The van der Waals surface area contributed by atoms with Gasteiger partial charge < -0.3 is 13.6 Å². The molecule has 63 heavy (non-hydrogen) atoms. The number of hydrogen-bond donors (Lipinski definition) is 0. The SMILES string of the molecule is c1ccc(-c2cccc(-c3cccc(-c4cccc(-c5ccc6oc7ccc(-n8c9ccccc9c9cc(-n%10c%11ccccc%11c%11ccccc%11%10)ccc98)cc7c6c5)c4)c3)c2)cc1. The minimum atomic E-state index is 0.877. The normalized spacial score (nSPS) is 11.8. The summed E-state index contributed by atoms with van der Waals surface area (Å²) in [5.74, 6) is 0. The highest BCUT2D eigenvalue weighted by atomic mass is 16.3. The Labute approximate surface area is 363 Å². The van der Waals surface area contributed by atoms with E-state index in [-0.39, 0.29) is 0 Å². The van der Waals surface area contributed by atoms with E-state index >= 15 is 0 Å². The van der Waals surface area contributed by atoms with Gasteiger partial charge in [-0.2, -0.15) is 0 Å². The van der Waals surface area contributed by atoms with E-state index in [2.05, 4.69) is 240 Å². The molecule has 13 rings (SSSR count). The van der Waals surface area contributed by atoms with Gasteiger partial charge >= 0.3 is 0 Å². The van der Waals surface area contributed by atoms with E-state index in [0.29, 0.717) is 0 Å². The van der Waals surface area contributed by atoms with Crippen LogP contribution in [0.1, 0.15) is 0 Å². The van der Waals surface area contributed by atoms with Crippen LogP contribution in [0.15, 0.2) is 235 Å². The fourth-order valence-corrected chi connectivity index (χ4v) is 9.93. The predicted molar refractivity (Wildman–Crippen MR) is 264 cm³/mol. The van der Waals surface area contributed by atoms with Crippen molar-refractivity contribution in [3.8, 4) is 55.9 Å². The molecule has 13 aromatic rings. The van der Waals surface area contributed by atoms with Gasteiger partial charge in [0.05, 0.1) is 22.1 Å². The van der Waals surface area contributed by atoms with Crippen LogP contribution in [0.2, 0.25) is 0 Å². The lowest BCUT2D eigenvalue weighted by atomic mass is 9.94. The zero-order valence-corrected chi connectivity index (χ0v) is 34.2. The molecule has 3 aromatic heterocycles. The van der Waals surface area contributed by atoms with Gasteiger partial charge in [-0.15, -0.1) is 0 Å². The van der Waals surface area contributed by atoms with E-state index in [1.165, 1.54) is 77.0 Å². The van der Waals surface area contributed by atoms with Gasteiger partial charge in [0.2, 0.25) is 0 Å². The molecule has 0 spiro atoms. The molecule has 0 saturated carbocycles. The Kier molecular flexibility index (Phi) is 7.91. The van der Waals surface area contributed by atoms with Crippen LogP contribution in [-0.4, -0.2) is 9.13 Å². The van der Waals surface area contributed by atoms with Crippen LogP contribution in [0, 0.1) is 0 Å². The third-order valence-corrected chi connectivity index (χ3v) is 12.9. The number of furan rings is 1. The second-order valence-corrected chi connectivity index (χ2v) is 16.5. The molecule has 0 saturated heterocycles. The van der Waals surface area contributed by atoms with E-state index in [0.717, 1.165) is 44.4 Å². The van der Waals surface area contributed by atoms with Crippen molar-refractivity contribution in [1.29, 1.82) is 0 Å². The highest BCUT2D eigenvalue weighted by Gasteiger charge is 2.18. The fourth-order valence-electron chi connectivity index (χ4n) is 9.93. The zero-order chi connectivity index (χ0) is 41.4. The lowest BCUT2D eigenvalue weighted by Gasteiger charge is -2.11. The molecule has 3 nitrogen and oxygen atoms in total. The Balaban J connectivity index is 0.889. The number of para-hydroxylation sites is 3. The molecule has 294 valence electrons. The van der Waals surface area contributed by atoms with Crippen molar-refractivity contribution in [2.75, 3.05) is 0 Å². The quantitative estimate of drug-likeness (QED) is 0.164. The predicted octanol–water partition coefficient (Wildman–Crippen LogP) is 16.4. The maximum atomic E-state index is 6.49. The second-order valence-electron chi connectivity index (χ2n) is 16.5. The molecule has 0 radical (unpaired) electrons. The van der Waals surface area contributed by atoms with Crippen LogP contribution in [-0.2, 0) is 0 Å². The molecule has 10 aromatic carbocycles. The van der Waals surface area contributed by atoms with Gasteiger partial charge in [0.15, 0.2) is 0 Å². The van der Waals surface area contributed by atoms with Crippen LogP contribution in [0.5, 0.6) is 0 Å². The van der Waals surface area contributed by atoms with Gasteiger partial charge in [-0.3, -0.25) is 0 Å². The van der Waals surface area contributed by atoms with Crippen molar-refractivity contribution < 1.29 is 4.42 Å². The van der Waals surface area contributed by atoms with Gasteiger partial charge in [0, 0.05) is 43.7 Å². The van der Waals surface area contributed by atoms with Crippen LogP contribution < -0.4 is 0 Å². The molecule has 0 aliphatic carbocycles. The highest BCUT2D eigenvalue weighted by molar-refractivity contribution is 6.13. The Hall–Kier alpha value is -8.40. The molecule has 0 atom stereocenters. The Morgan fingerprint density at radius 1 is 0.222 bits per heavy atom. The van der Waals surface area contributed by atoms with E-state index in [4.69, 9.17) is 4.42 Å². The third kappa shape index (κ3) is 5.75. The molecule has 3 heterocycles. The van der Waals surface area contributed by atoms with E-state index in [1.807, 2.05) is 0 Å². The summed E-state index contributed by atoms with van der Waals surface area (Å²) in [5, 5.41) is 7.16. The molecule has 0 fully saturated rings. The molecular weight excluding hydrogens is 765 g/mol. The number of fused-ring (bicyclic) bond motifs is 9. The molecule has 0 unspecified atom stereocenters. The molecule has 0 bridgehead atoms. The summed E-state index contributed by atoms with van der Waals surface area (Å²) < 4.78 is 11.3. The summed E-state index contributed by atoms with van der Waals surface area (Å²) in [6, 6.07) is 83.4. The standard InChI is InChI=1S/C60H38N2O/c1-2-13-39(14-3-1)40-15-10-16-41(33-40)42-17-11-18-43(34-42)44-19-12-20-45(35-44)46-27-31-59-53(36-46)54-38-48(29-32-60(54)63-59)62-57-26-9-6-23-51(57)52-37-47(28-30-58(52)62)61-55-24-7-4-21-49(55)50-22-5-8-25-56(50)61/h1-38H. The minimum absolute atomic E-state index is 0.877. The number of aromatic nitrogens is 2. The van der Waals surface area contributed by atoms with Gasteiger partial charge in [-0.1, -0.05) is 146 Å². The third-order valence-electron chi connectivity index (χ3n) is 12.9. The average Bonchev–Trinajstić information content (AvgIpc) is 4.01. The topological polar surface area (TPSA) is 23.0 Å². The molecule has 0 N–H and O–H groups in total. The summed E-state index contributed by atoms with van der Waals surface area (Å²) in [6.07, 6.45) is 0. The number of hydrogen-bond acceptors (Lipinski definition) is 1. The van der Waals surface area contributed by atoms with Gasteiger partial charge in [0.25, 0.3) is 0 Å². The Morgan fingerprint density at radius 3 is 1.13 bits per heavy atom. The molecule has 0 aliphatic rings. The fraction of sp³-hybridized carbons (Fsp3) is 0. The second kappa shape index (κ2) is 14.1. The van der Waals surface area contributed by atoms with Crippen molar-refractivity contribution in [2.24, 2.45) is 0 Å². The number of rotatable bonds is 6. The first kappa shape index (κ1) is 35.4. The van der Waals surface area contributed by atoms with E-state index in [1.54, 1.807) is 0 Å². The number of benzene rings is 10. The summed E-state index contributed by atoms with van der Waals surface area (Å²) >= 11 is 0. The maximum absolute atomic E-state index is 6.49. The minimum Gasteiger partial charge on any atom is -0.456 e. The Bertz CT molecular complexity index is 3870. The monoisotopic (exact) mass is 802 g/mol. The highest BCUT2D eigenvalue weighted by Crippen LogP contribution is 2.40. The first-order chi connectivity index (χ1) is 31.2. The van der Waals surface area contributed by atoms with Gasteiger partial charge in [-0.05, 0) is 129 Å². The van der Waals surface area contributed by atoms with Crippen molar-refractivity contribution in [2.45, 2.75) is 0 Å². The van der Waals surface area contributed by atoms with Crippen molar-refractivity contribution in [3.05, 3.63) is 231 Å². The van der Waals surface area contributed by atoms with Crippen LogP contribution in [0.4, 0.5) is 0 Å². The molecule has 0 aliphatic heterocycles. The zero-order valence-electron chi connectivity index (χ0n) is 34.2. The number of nitrogens with zero attached hydrogens (tertiary/aromatic N) is 2. The smallest absolute Gasteiger partial charge is 0.135 e. The molecule has 0 amide bonds. The van der Waals surface area contributed by atoms with Crippen molar-refractivity contribution in [1.82, 2.24) is 9.13 Å². The van der Waals surface area contributed by atoms with Crippen molar-refractivity contribution >= 4 is 65.6 Å². The van der Waals surface area contributed by atoms with Crippen molar-refractivity contribution in [3.63, 3.8) is 0 Å². The first-order valence-corrected chi connectivity index (χ1v) is 21.6. The van der Waals surface area contributed by atoms with Crippen LogP contribution in [0.3, 0.4) is 0 Å². The van der Waals surface area contributed by atoms with E-state index < -0.39 is 0 Å². The first-order valence-electron chi connectivity index (χ1n) is 21.6. The summed E-state index contributed by atoms with van der Waals surface area (Å²) in [4.78, 5) is 0. The van der Waals surface area contributed by atoms with Crippen LogP contribution in [0.25, 0.3) is 121 Å². The lowest BCUT2D eigenvalue weighted by molar-refractivity contribution is 0.669. The Morgan fingerprint density at radius 2 is 0.587 bits per heavy atom. The maximum Gasteiger partial charge on any atom is 0.135 e. The largest absolute Gasteiger partial charge is 0.456 e. The van der Waals surface area contributed by atoms with E-state index in [9.17, 15) is 0 Å². The molecular formula is C60H38N2O.